The molecule has 0 bridgehead atoms. The number of ether oxygens (including phenoxy) is 1. The van der Waals surface area contributed by atoms with E-state index in [1.165, 1.54) is 11.3 Å². The van der Waals surface area contributed by atoms with Crippen molar-refractivity contribution in [3.63, 3.8) is 0 Å². The number of likely N-dealkylation sites (tertiary alicyclic amines) is 1. The zero-order valence-electron chi connectivity index (χ0n) is 14.6. The monoisotopic (exact) mass is 364 g/mol. The van der Waals surface area contributed by atoms with Crippen molar-refractivity contribution in [3.8, 4) is 0 Å². The maximum atomic E-state index is 13.1. The zero-order chi connectivity index (χ0) is 18.0. The lowest BCUT2D eigenvalue weighted by molar-refractivity contribution is -0.142. The summed E-state index contributed by atoms with van der Waals surface area (Å²) in [5.41, 5.74) is 0.559. The maximum absolute atomic E-state index is 13.1. The Morgan fingerprint density at radius 1 is 1.44 bits per heavy atom. The van der Waals surface area contributed by atoms with E-state index in [1.807, 2.05) is 19.2 Å². The second kappa shape index (κ2) is 7.66. The first-order valence-corrected chi connectivity index (χ1v) is 9.69. The Kier molecular flexibility index (Phi) is 5.54. The van der Waals surface area contributed by atoms with Crippen LogP contribution in [0.1, 0.15) is 43.5 Å². The number of carbonyl (C=O) groups is 3. The lowest BCUT2D eigenvalue weighted by atomic mass is 9.95. The minimum absolute atomic E-state index is 0.0366. The van der Waals surface area contributed by atoms with Crippen molar-refractivity contribution < 1.29 is 19.1 Å². The number of ketones is 1. The van der Waals surface area contributed by atoms with Gasteiger partial charge >= 0.3 is 0 Å². The summed E-state index contributed by atoms with van der Waals surface area (Å²) in [6.07, 6.45) is 1.96. The predicted octanol–water partition coefficient (Wildman–Crippen LogP) is 1.85. The number of carbonyl (C=O) groups excluding carboxylic acids is 3. The van der Waals surface area contributed by atoms with E-state index >= 15 is 0 Å². The molecule has 2 aliphatic heterocycles. The number of hydrogen-bond acceptors (Lipinski definition) is 5. The molecule has 0 aromatic carbocycles. The summed E-state index contributed by atoms with van der Waals surface area (Å²) in [6, 6.07) is 0.621. The van der Waals surface area contributed by atoms with Gasteiger partial charge in [-0.3, -0.25) is 14.4 Å². The molecule has 2 fully saturated rings. The molecule has 0 radical (unpaired) electrons. The molecule has 1 aromatic rings. The second-order valence-corrected chi connectivity index (χ2v) is 7.88. The largest absolute Gasteiger partial charge is 0.368 e. The van der Waals surface area contributed by atoms with Gasteiger partial charge in [-0.1, -0.05) is 13.8 Å². The van der Waals surface area contributed by atoms with Crippen LogP contribution in [0.3, 0.4) is 0 Å². The first-order chi connectivity index (χ1) is 12.0. The van der Waals surface area contributed by atoms with E-state index in [0.29, 0.717) is 18.5 Å². The number of nitrogens with one attached hydrogen (secondary N) is 1. The third kappa shape index (κ3) is 3.93. The Bertz CT molecular complexity index is 644. The van der Waals surface area contributed by atoms with Gasteiger partial charge in [0, 0.05) is 11.9 Å². The maximum Gasteiger partial charge on any atom is 0.252 e. The lowest BCUT2D eigenvalue weighted by Crippen LogP contribution is -2.58. The van der Waals surface area contributed by atoms with E-state index in [4.69, 9.17) is 4.74 Å². The zero-order valence-corrected chi connectivity index (χ0v) is 15.4. The molecule has 3 atom stereocenters. The third-order valence-electron chi connectivity index (χ3n) is 4.72. The minimum Gasteiger partial charge on any atom is -0.368 e. The van der Waals surface area contributed by atoms with Gasteiger partial charge in [-0.15, -0.1) is 0 Å². The van der Waals surface area contributed by atoms with Gasteiger partial charge < -0.3 is 15.0 Å². The Labute approximate surface area is 151 Å². The van der Waals surface area contributed by atoms with Crippen molar-refractivity contribution in [1.82, 2.24) is 10.2 Å². The average Bonchev–Trinajstić information content (AvgIpc) is 3.23. The number of Topliss-reactive ketones (excluding diaryl/α,β-unsaturated/α-hetero) is 1. The second-order valence-electron chi connectivity index (χ2n) is 7.10. The molecule has 25 heavy (non-hydrogen) atoms. The smallest absolute Gasteiger partial charge is 0.252 e. The SMILES string of the molecule is CC(C)C[C@H](NC(=O)c1ccsc1)C(=O)N1CCC[C@H]2OCC(=O)[C@H]21. The molecular weight excluding hydrogens is 340 g/mol. The van der Waals surface area contributed by atoms with Crippen LogP contribution in [0.5, 0.6) is 0 Å². The number of thiophene rings is 1. The quantitative estimate of drug-likeness (QED) is 0.865. The summed E-state index contributed by atoms with van der Waals surface area (Å²) in [6.45, 7) is 4.65. The summed E-state index contributed by atoms with van der Waals surface area (Å²) in [7, 11) is 0. The van der Waals surface area contributed by atoms with Gasteiger partial charge in [0.15, 0.2) is 5.78 Å². The van der Waals surface area contributed by atoms with Crippen molar-refractivity contribution in [2.75, 3.05) is 13.2 Å². The highest BCUT2D eigenvalue weighted by molar-refractivity contribution is 7.08. The van der Waals surface area contributed by atoms with Gasteiger partial charge in [-0.05, 0) is 36.6 Å². The lowest BCUT2D eigenvalue weighted by Gasteiger charge is -2.37. The Hall–Kier alpha value is -1.73. The fourth-order valence-electron chi connectivity index (χ4n) is 3.57. The number of piperidine rings is 1. The minimum atomic E-state index is -0.625. The molecule has 136 valence electrons. The van der Waals surface area contributed by atoms with Crippen molar-refractivity contribution >= 4 is 28.9 Å². The van der Waals surface area contributed by atoms with Gasteiger partial charge in [0.05, 0.1) is 11.7 Å². The van der Waals surface area contributed by atoms with Gasteiger partial charge in [0.25, 0.3) is 5.91 Å². The highest BCUT2D eigenvalue weighted by atomic mass is 32.1. The topological polar surface area (TPSA) is 75.7 Å². The highest BCUT2D eigenvalue weighted by Crippen LogP contribution is 2.27. The molecule has 0 spiro atoms. The molecule has 2 saturated heterocycles. The normalized spacial score (nSPS) is 24.3. The highest BCUT2D eigenvalue weighted by Gasteiger charge is 2.45. The van der Waals surface area contributed by atoms with Crippen molar-refractivity contribution in [2.24, 2.45) is 5.92 Å². The van der Waals surface area contributed by atoms with E-state index in [0.717, 1.165) is 12.8 Å². The van der Waals surface area contributed by atoms with Gasteiger partial charge in [0.1, 0.15) is 18.7 Å². The van der Waals surface area contributed by atoms with E-state index in [1.54, 1.807) is 16.3 Å². The van der Waals surface area contributed by atoms with Crippen LogP contribution in [0.15, 0.2) is 16.8 Å². The molecule has 1 N–H and O–H groups in total. The number of nitrogens with zero attached hydrogens (tertiary/aromatic N) is 1. The number of fused-ring (bicyclic) bond motifs is 1. The fraction of sp³-hybridized carbons (Fsp3) is 0.611. The molecule has 0 saturated carbocycles. The number of rotatable bonds is 5. The molecule has 0 aliphatic carbocycles. The molecule has 0 unspecified atom stereocenters. The molecule has 2 amide bonds. The van der Waals surface area contributed by atoms with Crippen molar-refractivity contribution in [2.45, 2.75) is 51.3 Å². The molecule has 1 aromatic heterocycles. The third-order valence-corrected chi connectivity index (χ3v) is 5.41. The first-order valence-electron chi connectivity index (χ1n) is 8.75. The number of amides is 2. The summed E-state index contributed by atoms with van der Waals surface area (Å²) in [4.78, 5) is 39.3. The van der Waals surface area contributed by atoms with Crippen molar-refractivity contribution in [1.29, 1.82) is 0 Å². The van der Waals surface area contributed by atoms with Crippen LogP contribution in [0, 0.1) is 5.92 Å². The number of hydrogen-bond donors (Lipinski definition) is 1. The van der Waals surface area contributed by atoms with Crippen LogP contribution in [-0.4, -0.2) is 53.8 Å². The molecule has 3 heterocycles. The van der Waals surface area contributed by atoms with Gasteiger partial charge in [0.2, 0.25) is 5.91 Å². The first kappa shape index (κ1) is 18.1. The van der Waals surface area contributed by atoms with Gasteiger partial charge in [-0.25, -0.2) is 0 Å². The Balaban J connectivity index is 1.76. The van der Waals surface area contributed by atoms with E-state index < -0.39 is 12.1 Å². The van der Waals surface area contributed by atoms with E-state index in [-0.39, 0.29) is 36.2 Å². The summed E-state index contributed by atoms with van der Waals surface area (Å²) < 4.78 is 5.52. The summed E-state index contributed by atoms with van der Waals surface area (Å²) in [5.74, 6) is -0.216. The van der Waals surface area contributed by atoms with Crippen molar-refractivity contribution in [3.05, 3.63) is 22.4 Å². The van der Waals surface area contributed by atoms with Crippen LogP contribution in [0.2, 0.25) is 0 Å². The van der Waals surface area contributed by atoms with Crippen LogP contribution in [-0.2, 0) is 14.3 Å². The predicted molar refractivity (Wildman–Crippen MR) is 94.5 cm³/mol. The Morgan fingerprint density at radius 3 is 2.92 bits per heavy atom. The average molecular weight is 364 g/mol. The Morgan fingerprint density at radius 2 is 2.24 bits per heavy atom. The molecular formula is C18H24N2O4S. The molecule has 3 rings (SSSR count). The van der Waals surface area contributed by atoms with E-state index in [9.17, 15) is 14.4 Å². The van der Waals surface area contributed by atoms with Crippen LogP contribution >= 0.6 is 11.3 Å². The molecule has 6 nitrogen and oxygen atoms in total. The van der Waals surface area contributed by atoms with Gasteiger partial charge in [-0.2, -0.15) is 11.3 Å². The molecule has 2 aliphatic rings. The summed E-state index contributed by atoms with van der Waals surface area (Å²) in [5, 5.41) is 6.46. The summed E-state index contributed by atoms with van der Waals surface area (Å²) >= 11 is 1.44. The van der Waals surface area contributed by atoms with Crippen LogP contribution in [0.4, 0.5) is 0 Å². The van der Waals surface area contributed by atoms with Crippen LogP contribution in [0.25, 0.3) is 0 Å². The fourth-order valence-corrected chi connectivity index (χ4v) is 4.20. The molecule has 7 heteroatoms. The van der Waals surface area contributed by atoms with E-state index in [2.05, 4.69) is 5.32 Å². The van der Waals surface area contributed by atoms with Crippen LogP contribution < -0.4 is 5.32 Å². The standard InChI is InChI=1S/C18H24N2O4S/c1-11(2)8-13(19-17(22)12-5-7-25-10-12)18(23)20-6-3-4-15-16(20)14(21)9-24-15/h5,7,10-11,13,15-16H,3-4,6,8-9H2,1-2H3,(H,19,22)/t13-,15+,16+/m0/s1.